The van der Waals surface area contributed by atoms with Gasteiger partial charge < -0.3 is 18.9 Å². The molecule has 0 bridgehead atoms. The number of methoxy groups -OCH3 is 4. The number of benzene rings is 1. The van der Waals surface area contributed by atoms with Crippen LogP contribution in [0.15, 0.2) is 6.07 Å². The number of nitriles is 1. The van der Waals surface area contributed by atoms with Gasteiger partial charge in [-0.3, -0.25) is 0 Å². The molecule has 0 radical (unpaired) electrons. The molecule has 1 aromatic rings. The van der Waals surface area contributed by atoms with Crippen LogP contribution in [0.3, 0.4) is 0 Å². The zero-order valence-corrected chi connectivity index (χ0v) is 10.6. The van der Waals surface area contributed by atoms with Gasteiger partial charge in [0.2, 0.25) is 0 Å². The Hall–Kier alpha value is -2.42. The minimum absolute atomic E-state index is 0.0140. The molecular formula is C12H13NO5. The molecule has 1 rings (SSSR count). The highest BCUT2D eigenvalue weighted by atomic mass is 16.5. The molecule has 0 aliphatic rings. The van der Waals surface area contributed by atoms with Crippen LogP contribution in [0.1, 0.15) is 15.9 Å². The van der Waals surface area contributed by atoms with Gasteiger partial charge in [0.1, 0.15) is 22.9 Å². The quantitative estimate of drug-likeness (QED) is 0.752. The van der Waals surface area contributed by atoms with Gasteiger partial charge in [-0.05, 0) is 0 Å². The van der Waals surface area contributed by atoms with E-state index in [1.165, 1.54) is 34.5 Å². The van der Waals surface area contributed by atoms with Crippen molar-refractivity contribution in [2.45, 2.75) is 0 Å². The first kappa shape index (κ1) is 13.6. The van der Waals surface area contributed by atoms with E-state index < -0.39 is 5.97 Å². The van der Waals surface area contributed by atoms with E-state index in [4.69, 9.17) is 19.5 Å². The maximum Gasteiger partial charge on any atom is 0.343 e. The average molecular weight is 251 g/mol. The van der Waals surface area contributed by atoms with Crippen LogP contribution in [-0.2, 0) is 4.74 Å². The molecule has 0 heterocycles. The average Bonchev–Trinajstić information content (AvgIpc) is 2.43. The van der Waals surface area contributed by atoms with Crippen LogP contribution in [0.5, 0.6) is 17.2 Å². The van der Waals surface area contributed by atoms with Gasteiger partial charge in [-0.25, -0.2) is 4.79 Å². The van der Waals surface area contributed by atoms with E-state index in [-0.39, 0.29) is 22.6 Å². The molecule has 0 aliphatic carbocycles. The standard InChI is InChI=1S/C12H13NO5/c1-15-8-5-9(16-2)11(17-3)7(6-13)10(8)12(14)18-4/h5H,1-4H3. The van der Waals surface area contributed by atoms with Gasteiger partial charge in [0.15, 0.2) is 11.5 Å². The summed E-state index contributed by atoms with van der Waals surface area (Å²) < 4.78 is 19.9. The Labute approximate surface area is 105 Å². The van der Waals surface area contributed by atoms with Crippen LogP contribution < -0.4 is 14.2 Å². The number of hydrogen-bond acceptors (Lipinski definition) is 6. The number of rotatable bonds is 4. The fraction of sp³-hybridized carbons (Fsp3) is 0.333. The van der Waals surface area contributed by atoms with Crippen molar-refractivity contribution < 1.29 is 23.7 Å². The number of esters is 1. The van der Waals surface area contributed by atoms with Crippen LogP contribution in [0, 0.1) is 11.3 Å². The summed E-state index contributed by atoms with van der Waals surface area (Å²) in [6.07, 6.45) is 0. The molecule has 0 unspecified atom stereocenters. The first-order valence-electron chi connectivity index (χ1n) is 4.95. The lowest BCUT2D eigenvalue weighted by Crippen LogP contribution is -2.09. The maximum atomic E-state index is 11.7. The molecule has 0 spiro atoms. The molecule has 6 nitrogen and oxygen atoms in total. The van der Waals surface area contributed by atoms with Crippen molar-refractivity contribution >= 4 is 5.97 Å². The van der Waals surface area contributed by atoms with Gasteiger partial charge in [-0.15, -0.1) is 0 Å². The lowest BCUT2D eigenvalue weighted by atomic mass is 10.1. The van der Waals surface area contributed by atoms with Crippen molar-refractivity contribution in [3.63, 3.8) is 0 Å². The summed E-state index contributed by atoms with van der Waals surface area (Å²) in [5.41, 5.74) is 0.0284. The first-order valence-corrected chi connectivity index (χ1v) is 4.95. The fourth-order valence-electron chi connectivity index (χ4n) is 1.54. The molecular weight excluding hydrogens is 238 g/mol. The number of ether oxygens (including phenoxy) is 4. The molecule has 0 amide bonds. The predicted octanol–water partition coefficient (Wildman–Crippen LogP) is 1.37. The van der Waals surface area contributed by atoms with Crippen molar-refractivity contribution in [1.82, 2.24) is 0 Å². The smallest absolute Gasteiger partial charge is 0.343 e. The second-order valence-electron chi connectivity index (χ2n) is 3.17. The molecule has 0 aromatic heterocycles. The van der Waals surface area contributed by atoms with Gasteiger partial charge in [-0.1, -0.05) is 0 Å². The maximum absolute atomic E-state index is 11.7. The Bertz CT molecular complexity index is 504. The molecule has 18 heavy (non-hydrogen) atoms. The van der Waals surface area contributed by atoms with Crippen molar-refractivity contribution in [1.29, 1.82) is 5.26 Å². The van der Waals surface area contributed by atoms with Gasteiger partial charge in [0.05, 0.1) is 28.4 Å². The summed E-state index contributed by atoms with van der Waals surface area (Å²) in [4.78, 5) is 11.7. The second-order valence-corrected chi connectivity index (χ2v) is 3.17. The molecule has 0 N–H and O–H groups in total. The summed E-state index contributed by atoms with van der Waals surface area (Å²) in [5, 5.41) is 9.17. The second kappa shape index (κ2) is 5.77. The van der Waals surface area contributed by atoms with Gasteiger partial charge in [0, 0.05) is 6.07 Å². The summed E-state index contributed by atoms with van der Waals surface area (Å²) in [6.45, 7) is 0. The van der Waals surface area contributed by atoms with Crippen LogP contribution in [-0.4, -0.2) is 34.4 Å². The molecule has 96 valence electrons. The zero-order chi connectivity index (χ0) is 13.7. The van der Waals surface area contributed by atoms with Gasteiger partial charge >= 0.3 is 5.97 Å². The van der Waals surface area contributed by atoms with E-state index in [2.05, 4.69) is 4.74 Å². The third kappa shape index (κ3) is 2.15. The number of carbonyl (C=O) groups is 1. The van der Waals surface area contributed by atoms with Crippen LogP contribution >= 0.6 is 0 Å². The van der Waals surface area contributed by atoms with E-state index in [1.807, 2.05) is 6.07 Å². The number of nitrogens with zero attached hydrogens (tertiary/aromatic N) is 1. The van der Waals surface area contributed by atoms with E-state index in [1.54, 1.807) is 0 Å². The van der Waals surface area contributed by atoms with Crippen LogP contribution in [0.25, 0.3) is 0 Å². The molecule has 0 atom stereocenters. The molecule has 6 heteroatoms. The highest BCUT2D eigenvalue weighted by Gasteiger charge is 2.25. The van der Waals surface area contributed by atoms with E-state index in [9.17, 15) is 4.79 Å². The molecule has 1 aromatic carbocycles. The topological polar surface area (TPSA) is 77.8 Å². The Morgan fingerprint density at radius 2 is 1.72 bits per heavy atom. The third-order valence-electron chi connectivity index (χ3n) is 2.35. The van der Waals surface area contributed by atoms with E-state index in [0.717, 1.165) is 0 Å². The minimum atomic E-state index is -0.677. The number of carbonyl (C=O) groups excluding carboxylic acids is 1. The van der Waals surface area contributed by atoms with Gasteiger partial charge in [-0.2, -0.15) is 5.26 Å². The van der Waals surface area contributed by atoms with Gasteiger partial charge in [0.25, 0.3) is 0 Å². The molecule has 0 aliphatic heterocycles. The monoisotopic (exact) mass is 251 g/mol. The molecule has 0 saturated heterocycles. The SMILES string of the molecule is COC(=O)c1c(OC)cc(OC)c(OC)c1C#N. The largest absolute Gasteiger partial charge is 0.496 e. The zero-order valence-electron chi connectivity index (χ0n) is 10.6. The highest BCUT2D eigenvalue weighted by molar-refractivity contribution is 5.97. The highest BCUT2D eigenvalue weighted by Crippen LogP contribution is 2.39. The first-order chi connectivity index (χ1) is 8.64. The van der Waals surface area contributed by atoms with Crippen molar-refractivity contribution in [2.24, 2.45) is 0 Å². The third-order valence-corrected chi connectivity index (χ3v) is 2.35. The molecule has 0 fully saturated rings. The predicted molar refractivity (Wildman–Crippen MR) is 62.2 cm³/mol. The summed E-state index contributed by atoms with van der Waals surface area (Å²) in [5.74, 6) is -0.0137. The Balaban J connectivity index is 3.67. The Morgan fingerprint density at radius 3 is 2.11 bits per heavy atom. The van der Waals surface area contributed by atoms with Crippen LogP contribution in [0.2, 0.25) is 0 Å². The van der Waals surface area contributed by atoms with E-state index >= 15 is 0 Å². The lowest BCUT2D eigenvalue weighted by Gasteiger charge is -2.15. The fourth-order valence-corrected chi connectivity index (χ4v) is 1.54. The van der Waals surface area contributed by atoms with Crippen molar-refractivity contribution in [3.8, 4) is 23.3 Å². The van der Waals surface area contributed by atoms with E-state index in [0.29, 0.717) is 5.75 Å². The summed E-state index contributed by atoms with van der Waals surface area (Å²) in [6, 6.07) is 3.36. The van der Waals surface area contributed by atoms with Crippen molar-refractivity contribution in [2.75, 3.05) is 28.4 Å². The summed E-state index contributed by atoms with van der Waals surface area (Å²) in [7, 11) is 5.41. The van der Waals surface area contributed by atoms with Crippen molar-refractivity contribution in [3.05, 3.63) is 17.2 Å². The minimum Gasteiger partial charge on any atom is -0.496 e. The summed E-state index contributed by atoms with van der Waals surface area (Å²) >= 11 is 0. The molecule has 0 saturated carbocycles. The Kier molecular flexibility index (Phi) is 4.38. The lowest BCUT2D eigenvalue weighted by molar-refractivity contribution is 0.0596. The Morgan fingerprint density at radius 1 is 1.11 bits per heavy atom. The van der Waals surface area contributed by atoms with Crippen LogP contribution in [0.4, 0.5) is 0 Å². The number of hydrogen-bond donors (Lipinski definition) is 0. The normalized spacial score (nSPS) is 9.28.